The van der Waals surface area contributed by atoms with Crippen molar-refractivity contribution in [3.8, 4) is 17.2 Å². The molecular weight excluding hydrogens is 673 g/mol. The van der Waals surface area contributed by atoms with Crippen LogP contribution in [-0.4, -0.2) is 58.0 Å². The maximum Gasteiger partial charge on any atom is 0.119 e. The molecule has 0 spiro atoms. The summed E-state index contributed by atoms with van der Waals surface area (Å²) in [7, 11) is 0. The summed E-state index contributed by atoms with van der Waals surface area (Å²) in [5.74, 6) is 2.76. The molecule has 3 fully saturated rings. The van der Waals surface area contributed by atoms with Crippen LogP contribution in [0.2, 0.25) is 0 Å². The van der Waals surface area contributed by atoms with Crippen LogP contribution in [0.4, 0.5) is 0 Å². The fraction of sp³-hybridized carbons (Fsp3) is 0.375. The van der Waals surface area contributed by atoms with Crippen LogP contribution in [-0.2, 0) is 39.9 Å². The van der Waals surface area contributed by atoms with Crippen LogP contribution in [0.15, 0.2) is 140 Å². The van der Waals surface area contributed by atoms with Gasteiger partial charge in [0.2, 0.25) is 0 Å². The highest BCUT2D eigenvalue weighted by atomic mass is 16.6. The van der Waals surface area contributed by atoms with Gasteiger partial charge < -0.3 is 28.4 Å². The molecule has 3 heterocycles. The third-order valence-electron chi connectivity index (χ3n) is 8.42. The summed E-state index contributed by atoms with van der Waals surface area (Å²) in [5.41, 5.74) is 5.71. The lowest BCUT2D eigenvalue weighted by molar-refractivity contribution is 0.263. The van der Waals surface area contributed by atoms with Gasteiger partial charge in [0.1, 0.15) is 55.4 Å². The Morgan fingerprint density at radius 2 is 0.574 bits per heavy atom. The first-order chi connectivity index (χ1) is 26.1. The van der Waals surface area contributed by atoms with E-state index in [0.29, 0.717) is 38.1 Å². The number of ether oxygens (including phenoxy) is 6. The molecule has 6 heteroatoms. The smallest absolute Gasteiger partial charge is 0.119 e. The van der Waals surface area contributed by atoms with Gasteiger partial charge in [0, 0.05) is 0 Å². The molecule has 0 saturated carbocycles. The van der Waals surface area contributed by atoms with Crippen molar-refractivity contribution in [2.24, 2.45) is 0 Å². The molecule has 0 aliphatic carbocycles. The molecule has 3 atom stereocenters. The Labute approximate surface area is 325 Å². The molecule has 5 aromatic carbocycles. The number of benzene rings is 5. The van der Waals surface area contributed by atoms with Crippen LogP contribution in [0.3, 0.4) is 0 Å². The molecule has 3 aliphatic heterocycles. The van der Waals surface area contributed by atoms with Gasteiger partial charge >= 0.3 is 0 Å². The molecule has 290 valence electrons. The molecule has 0 aromatic heterocycles. The van der Waals surface area contributed by atoms with Crippen LogP contribution in [0.25, 0.3) is 0 Å². The summed E-state index contributed by atoms with van der Waals surface area (Å²) in [4.78, 5) is 0. The van der Waals surface area contributed by atoms with E-state index in [4.69, 9.17) is 28.4 Å². The Kier molecular flexibility index (Phi) is 21.2. The molecule has 54 heavy (non-hydrogen) atoms. The van der Waals surface area contributed by atoms with Crippen LogP contribution in [0.5, 0.6) is 17.2 Å². The second kappa shape index (κ2) is 26.2. The number of aryl methyl sites for hydroxylation is 4. The topological polar surface area (TPSA) is 65.3 Å². The molecule has 8 rings (SSSR count). The number of hydrogen-bond acceptors (Lipinski definition) is 6. The highest BCUT2D eigenvalue weighted by Crippen LogP contribution is 2.16. The largest absolute Gasteiger partial charge is 0.491 e. The lowest BCUT2D eigenvalue weighted by atomic mass is 10.1. The second-order valence-electron chi connectivity index (χ2n) is 12.8. The highest BCUT2D eigenvalue weighted by Gasteiger charge is 2.24. The van der Waals surface area contributed by atoms with Crippen LogP contribution in [0, 0.1) is 0 Å². The molecule has 6 nitrogen and oxygen atoms in total. The van der Waals surface area contributed by atoms with Gasteiger partial charge in [-0.1, -0.05) is 138 Å². The normalized spacial score (nSPS) is 16.6. The van der Waals surface area contributed by atoms with Crippen molar-refractivity contribution in [2.45, 2.75) is 79.1 Å². The molecular formula is C48H62O6. The van der Waals surface area contributed by atoms with Gasteiger partial charge in [-0.3, -0.25) is 0 Å². The van der Waals surface area contributed by atoms with Crippen molar-refractivity contribution < 1.29 is 28.4 Å². The Balaban J connectivity index is 0.000000181. The van der Waals surface area contributed by atoms with E-state index in [9.17, 15) is 0 Å². The first kappa shape index (κ1) is 43.8. The lowest BCUT2D eigenvalue weighted by Crippen LogP contribution is -2.03. The van der Waals surface area contributed by atoms with Gasteiger partial charge in [0.15, 0.2) is 0 Å². The fourth-order valence-electron chi connectivity index (χ4n) is 4.63. The van der Waals surface area contributed by atoms with Crippen LogP contribution >= 0.6 is 0 Å². The Bertz CT molecular complexity index is 1380. The summed E-state index contributed by atoms with van der Waals surface area (Å²) in [6, 6.07) is 47.0. The summed E-state index contributed by atoms with van der Waals surface area (Å²) in [6.45, 7) is 13.3. The van der Waals surface area contributed by atoms with Crippen molar-refractivity contribution in [1.82, 2.24) is 0 Å². The molecule has 0 amide bonds. The average molecular weight is 735 g/mol. The molecule has 0 bridgehead atoms. The highest BCUT2D eigenvalue weighted by molar-refractivity contribution is 5.24. The van der Waals surface area contributed by atoms with E-state index in [0.717, 1.165) is 62.8 Å². The van der Waals surface area contributed by atoms with Crippen molar-refractivity contribution in [3.05, 3.63) is 162 Å². The van der Waals surface area contributed by atoms with Crippen molar-refractivity contribution in [2.75, 3.05) is 39.6 Å². The average Bonchev–Trinajstić information content (AvgIpc) is 4.08. The molecule has 3 saturated heterocycles. The monoisotopic (exact) mass is 734 g/mol. The van der Waals surface area contributed by atoms with Gasteiger partial charge in [0.25, 0.3) is 0 Å². The Morgan fingerprint density at radius 3 is 0.741 bits per heavy atom. The predicted molar refractivity (Wildman–Crippen MR) is 222 cm³/mol. The van der Waals surface area contributed by atoms with Crippen molar-refractivity contribution in [1.29, 1.82) is 0 Å². The first-order valence-electron chi connectivity index (χ1n) is 19.1. The van der Waals surface area contributed by atoms with E-state index in [1.165, 1.54) is 22.3 Å². The van der Waals surface area contributed by atoms with E-state index < -0.39 is 0 Å². The predicted octanol–water partition coefficient (Wildman–Crippen LogP) is 10.7. The zero-order valence-electron chi connectivity index (χ0n) is 32.0. The molecule has 5 aromatic rings. The maximum atomic E-state index is 5.40. The van der Waals surface area contributed by atoms with E-state index >= 15 is 0 Å². The van der Waals surface area contributed by atoms with E-state index in [1.54, 1.807) is 0 Å². The SMILES string of the molecule is C.CCc1ccc(CC)cc1.CCc1ccc(CC)cc1.c1ccc(OCC2CO2)cc1.c1ccc(OCC2CO2)cc1.c1ccc(OCC2CO2)cc1. The first-order valence-corrected chi connectivity index (χ1v) is 19.1. The van der Waals surface area contributed by atoms with Gasteiger partial charge in [-0.2, -0.15) is 0 Å². The zero-order valence-corrected chi connectivity index (χ0v) is 32.0. The van der Waals surface area contributed by atoms with Crippen molar-refractivity contribution in [3.63, 3.8) is 0 Å². The maximum absolute atomic E-state index is 5.40. The number of epoxide rings is 3. The van der Waals surface area contributed by atoms with Gasteiger partial charge in [0.05, 0.1) is 19.8 Å². The molecule has 3 unspecified atom stereocenters. The minimum Gasteiger partial charge on any atom is -0.491 e. The molecule has 0 radical (unpaired) electrons. The fourth-order valence-corrected chi connectivity index (χ4v) is 4.63. The van der Waals surface area contributed by atoms with Crippen LogP contribution < -0.4 is 14.2 Å². The quantitative estimate of drug-likeness (QED) is 0.112. The number of para-hydroxylation sites is 3. The van der Waals surface area contributed by atoms with Crippen LogP contribution in [0.1, 0.15) is 57.4 Å². The summed E-state index contributed by atoms with van der Waals surface area (Å²) in [5, 5.41) is 0. The summed E-state index contributed by atoms with van der Waals surface area (Å²) >= 11 is 0. The summed E-state index contributed by atoms with van der Waals surface area (Å²) in [6.07, 6.45) is 5.60. The third kappa shape index (κ3) is 20.0. The minimum absolute atomic E-state index is 0. The van der Waals surface area contributed by atoms with Gasteiger partial charge in [-0.25, -0.2) is 0 Å². The van der Waals surface area contributed by atoms with Crippen molar-refractivity contribution >= 4 is 0 Å². The third-order valence-corrected chi connectivity index (χ3v) is 8.42. The number of rotatable bonds is 13. The Hall–Kier alpha value is -4.62. The standard InChI is InChI=1S/2C10H14.3C9H10O2.CH4/c2*1-3-9-5-7-10(4-2)8-6-9;3*1-2-4-8(5-3-1)10-6-9-7-11-9;/h2*5-8H,3-4H2,1-2H3;3*1-5,9H,6-7H2;1H4. The van der Waals surface area contributed by atoms with E-state index in [1.807, 2.05) is 91.0 Å². The van der Waals surface area contributed by atoms with E-state index in [-0.39, 0.29) is 7.43 Å². The molecule has 3 aliphatic rings. The lowest BCUT2D eigenvalue weighted by Gasteiger charge is -2.01. The van der Waals surface area contributed by atoms with Gasteiger partial charge in [-0.05, 0) is 84.3 Å². The van der Waals surface area contributed by atoms with E-state index in [2.05, 4.69) is 76.2 Å². The summed E-state index contributed by atoms with van der Waals surface area (Å²) < 4.78 is 31.2. The second-order valence-corrected chi connectivity index (χ2v) is 12.8. The minimum atomic E-state index is 0. The van der Waals surface area contributed by atoms with Gasteiger partial charge in [-0.15, -0.1) is 0 Å². The molecule has 0 N–H and O–H groups in total. The number of hydrogen-bond donors (Lipinski definition) is 0. The zero-order chi connectivity index (χ0) is 37.4. The Morgan fingerprint density at radius 1 is 0.370 bits per heavy atom.